The third kappa shape index (κ3) is 5.93. The molecular weight excluding hydrogens is 659 g/mol. The van der Waals surface area contributed by atoms with Gasteiger partial charge in [-0.15, -0.1) is 0 Å². The lowest BCUT2D eigenvalue weighted by Crippen LogP contribution is -2.70. The van der Waals surface area contributed by atoms with Crippen molar-refractivity contribution in [3.05, 3.63) is 47.6 Å². The van der Waals surface area contributed by atoms with Crippen molar-refractivity contribution in [1.82, 2.24) is 0 Å². The number of phenolic OH excluding ortho intramolecular Hbond substituents is 1. The smallest absolute Gasteiger partial charge is 0.338 e. The SMILES string of the molecule is CCC(C)CCOC(=O)c1cc(O)c2cc(OCC(=O)C3(OC(C)(C)OC)CCC4C5CCC6=CC(=O)C=CC6(C)C5(F)C(O)CC43C)oc2c1. The Morgan fingerprint density at radius 2 is 1.90 bits per heavy atom. The molecule has 3 saturated carbocycles. The Balaban J connectivity index is 1.26. The van der Waals surface area contributed by atoms with Gasteiger partial charge in [0.25, 0.3) is 5.95 Å². The van der Waals surface area contributed by atoms with Crippen molar-refractivity contribution in [2.75, 3.05) is 20.3 Å². The molecule has 1 heterocycles. The fourth-order valence-electron chi connectivity index (χ4n) is 9.52. The molecule has 278 valence electrons. The van der Waals surface area contributed by atoms with Gasteiger partial charge in [-0.2, -0.15) is 0 Å². The van der Waals surface area contributed by atoms with Crippen molar-refractivity contribution in [3.63, 3.8) is 0 Å². The second kappa shape index (κ2) is 13.1. The number of ether oxygens (including phenoxy) is 4. The number of furan rings is 1. The third-order valence-electron chi connectivity index (χ3n) is 12.8. The average molecular weight is 711 g/mol. The Morgan fingerprint density at radius 3 is 2.61 bits per heavy atom. The molecule has 0 bridgehead atoms. The number of aromatic hydroxyl groups is 1. The largest absolute Gasteiger partial charge is 0.507 e. The van der Waals surface area contributed by atoms with Crippen LogP contribution in [0.1, 0.15) is 96.8 Å². The summed E-state index contributed by atoms with van der Waals surface area (Å²) in [5.74, 6) is -3.20. The Bertz CT molecular complexity index is 1780. The highest BCUT2D eigenvalue weighted by atomic mass is 19.1. The minimum absolute atomic E-state index is 0.0543. The predicted molar refractivity (Wildman–Crippen MR) is 186 cm³/mol. The topological polar surface area (TPSA) is 142 Å². The van der Waals surface area contributed by atoms with Crippen LogP contribution in [0.15, 0.2) is 46.4 Å². The van der Waals surface area contributed by atoms with Gasteiger partial charge in [-0.05, 0) is 95.4 Å². The number of aliphatic hydroxyl groups excluding tert-OH is 1. The van der Waals surface area contributed by atoms with Crippen LogP contribution in [0.2, 0.25) is 0 Å². The van der Waals surface area contributed by atoms with Crippen molar-refractivity contribution in [2.24, 2.45) is 28.6 Å². The summed E-state index contributed by atoms with van der Waals surface area (Å²) >= 11 is 0. The molecule has 8 unspecified atom stereocenters. The molecule has 11 heteroatoms. The molecule has 51 heavy (non-hydrogen) atoms. The molecule has 1 aromatic heterocycles. The van der Waals surface area contributed by atoms with E-state index in [1.165, 1.54) is 37.5 Å². The van der Waals surface area contributed by atoms with E-state index in [9.17, 15) is 24.6 Å². The maximum atomic E-state index is 17.7. The summed E-state index contributed by atoms with van der Waals surface area (Å²) in [6.45, 7) is 11.0. The van der Waals surface area contributed by atoms with Crippen molar-refractivity contribution in [1.29, 1.82) is 0 Å². The lowest BCUT2D eigenvalue weighted by Gasteiger charge is -2.63. The lowest BCUT2D eigenvalue weighted by molar-refractivity contribution is -0.293. The number of ketones is 2. The number of halogens is 1. The van der Waals surface area contributed by atoms with E-state index in [-0.39, 0.29) is 54.0 Å². The molecule has 0 spiro atoms. The maximum Gasteiger partial charge on any atom is 0.338 e. The van der Waals surface area contributed by atoms with Crippen LogP contribution in [-0.4, -0.2) is 71.2 Å². The number of alkyl halides is 1. The minimum Gasteiger partial charge on any atom is -0.507 e. The zero-order valence-corrected chi connectivity index (χ0v) is 30.7. The molecule has 4 aliphatic carbocycles. The lowest BCUT2D eigenvalue weighted by atomic mass is 9.44. The number of fused-ring (bicyclic) bond motifs is 6. The molecule has 2 aromatic rings. The van der Waals surface area contributed by atoms with Crippen LogP contribution >= 0.6 is 0 Å². The fourth-order valence-corrected chi connectivity index (χ4v) is 9.52. The van der Waals surface area contributed by atoms with Crippen molar-refractivity contribution < 1.29 is 52.4 Å². The van der Waals surface area contributed by atoms with Gasteiger partial charge in [-0.3, -0.25) is 9.59 Å². The zero-order valence-electron chi connectivity index (χ0n) is 30.7. The van der Waals surface area contributed by atoms with Gasteiger partial charge in [0, 0.05) is 29.9 Å². The summed E-state index contributed by atoms with van der Waals surface area (Å²) in [7, 11) is 1.48. The third-order valence-corrected chi connectivity index (χ3v) is 12.8. The highest BCUT2D eigenvalue weighted by Crippen LogP contribution is 2.70. The second-order valence-corrected chi connectivity index (χ2v) is 16.0. The first-order chi connectivity index (χ1) is 23.9. The minimum atomic E-state index is -2.06. The number of hydrogen-bond donors (Lipinski definition) is 2. The number of rotatable bonds is 12. The van der Waals surface area contributed by atoms with Gasteiger partial charge in [0.05, 0.1) is 23.7 Å². The van der Waals surface area contributed by atoms with Crippen LogP contribution < -0.4 is 4.74 Å². The molecular formula is C40H51FO10. The molecule has 6 rings (SSSR count). The number of methoxy groups -OCH3 is 1. The number of allylic oxidation sites excluding steroid dienone is 4. The number of carbonyl (C=O) groups is 3. The van der Waals surface area contributed by atoms with E-state index in [1.807, 2.05) is 6.92 Å². The monoisotopic (exact) mass is 710 g/mol. The summed E-state index contributed by atoms with van der Waals surface area (Å²) in [6.07, 6.45) is 6.32. The van der Waals surface area contributed by atoms with Crippen LogP contribution in [0, 0.1) is 28.6 Å². The van der Waals surface area contributed by atoms with Gasteiger partial charge >= 0.3 is 5.97 Å². The normalized spacial score (nSPS) is 33.6. The van der Waals surface area contributed by atoms with Crippen LogP contribution in [0.25, 0.3) is 11.0 Å². The van der Waals surface area contributed by atoms with Gasteiger partial charge < -0.3 is 33.6 Å². The molecule has 1 aromatic carbocycles. The number of aliphatic hydroxyl groups is 1. The Labute approximate surface area is 298 Å². The first-order valence-corrected chi connectivity index (χ1v) is 18.1. The van der Waals surface area contributed by atoms with Gasteiger partial charge in [-0.25, -0.2) is 9.18 Å². The van der Waals surface area contributed by atoms with Crippen molar-refractivity contribution in [3.8, 4) is 11.7 Å². The van der Waals surface area contributed by atoms with Gasteiger partial charge in [0.15, 0.2) is 23.8 Å². The summed E-state index contributed by atoms with van der Waals surface area (Å²) in [5, 5.41) is 22.9. The van der Waals surface area contributed by atoms with Gasteiger partial charge in [0.2, 0.25) is 5.78 Å². The van der Waals surface area contributed by atoms with Crippen LogP contribution in [-0.2, 0) is 23.8 Å². The van der Waals surface area contributed by atoms with E-state index >= 15 is 4.39 Å². The number of hydrogen-bond acceptors (Lipinski definition) is 10. The number of benzene rings is 1. The highest BCUT2D eigenvalue weighted by molar-refractivity contribution is 6.01. The molecule has 0 radical (unpaired) electrons. The summed E-state index contributed by atoms with van der Waals surface area (Å²) in [6, 6.07) is 4.21. The zero-order chi connectivity index (χ0) is 37.1. The summed E-state index contributed by atoms with van der Waals surface area (Å²) < 4.78 is 47.2. The van der Waals surface area contributed by atoms with Crippen LogP contribution in [0.5, 0.6) is 11.7 Å². The van der Waals surface area contributed by atoms with Crippen LogP contribution in [0.4, 0.5) is 4.39 Å². The molecule has 0 aliphatic heterocycles. The van der Waals surface area contributed by atoms with Gasteiger partial charge in [0.1, 0.15) is 16.9 Å². The fraction of sp³-hybridized carbons (Fsp3) is 0.625. The van der Waals surface area contributed by atoms with E-state index < -0.39 is 58.3 Å². The van der Waals surface area contributed by atoms with E-state index in [0.717, 1.165) is 12.8 Å². The van der Waals surface area contributed by atoms with E-state index in [4.69, 9.17) is 23.4 Å². The Morgan fingerprint density at radius 1 is 1.16 bits per heavy atom. The molecule has 10 nitrogen and oxygen atoms in total. The number of phenols is 1. The number of Topliss-reactive ketones (excluding diaryl/α,β-unsaturated/α-hetero) is 1. The quantitative estimate of drug-likeness (QED) is 0.172. The summed E-state index contributed by atoms with van der Waals surface area (Å²) in [5.41, 5.74) is -4.76. The molecule has 4 aliphatic rings. The van der Waals surface area contributed by atoms with Crippen molar-refractivity contribution in [2.45, 2.75) is 110 Å². The van der Waals surface area contributed by atoms with Crippen LogP contribution in [0.3, 0.4) is 0 Å². The number of esters is 1. The Hall–Kier alpha value is -3.54. The Kier molecular flexibility index (Phi) is 9.60. The van der Waals surface area contributed by atoms with E-state index in [0.29, 0.717) is 36.1 Å². The molecule has 0 saturated heterocycles. The maximum absolute atomic E-state index is 17.7. The molecule has 3 fully saturated rings. The molecule has 2 N–H and O–H groups in total. The standard InChI is InChI=1S/C40H51FO10/c1-8-23(2)13-16-48-35(46)24-17-30(43)27-20-34(50-31(27)18-24)49-22-33(45)39(51-36(3,4)47-7)15-12-28-29-10-9-25-19-26(42)11-14-37(25,5)40(29,41)32(44)21-38(28,39)6/h11,14,17-20,23,28-29,32,43-44H,8-10,12-13,15-16,21-22H2,1-7H3. The number of carbonyl (C=O) groups excluding carboxylic acids is 3. The first kappa shape index (κ1) is 37.2. The van der Waals surface area contributed by atoms with E-state index in [2.05, 4.69) is 13.8 Å². The summed E-state index contributed by atoms with van der Waals surface area (Å²) in [4.78, 5) is 39.5. The predicted octanol–water partition coefficient (Wildman–Crippen LogP) is 7.19. The first-order valence-electron chi connectivity index (χ1n) is 18.1. The van der Waals surface area contributed by atoms with Gasteiger partial charge in [-0.1, -0.05) is 38.8 Å². The van der Waals surface area contributed by atoms with Crippen molar-refractivity contribution >= 4 is 28.5 Å². The molecule has 8 atom stereocenters. The second-order valence-electron chi connectivity index (χ2n) is 16.0. The van der Waals surface area contributed by atoms with E-state index in [1.54, 1.807) is 26.8 Å². The highest BCUT2D eigenvalue weighted by Gasteiger charge is 2.75. The average Bonchev–Trinajstić information content (AvgIpc) is 3.63. The molecule has 0 amide bonds.